The van der Waals surface area contributed by atoms with E-state index in [9.17, 15) is 13.2 Å². The van der Waals surface area contributed by atoms with E-state index in [0.29, 0.717) is 22.5 Å². The topological polar surface area (TPSA) is 75.3 Å². The molecule has 2 N–H and O–H groups in total. The van der Waals surface area contributed by atoms with Gasteiger partial charge in [-0.1, -0.05) is 32.9 Å². The lowest BCUT2D eigenvalue weighted by molar-refractivity contribution is -0.114. The van der Waals surface area contributed by atoms with Crippen LogP contribution in [0.2, 0.25) is 0 Å². The molecule has 0 bridgehead atoms. The van der Waals surface area contributed by atoms with Gasteiger partial charge in [0.15, 0.2) is 0 Å². The summed E-state index contributed by atoms with van der Waals surface area (Å²) in [6, 6.07) is 10.7. The van der Waals surface area contributed by atoms with Crippen molar-refractivity contribution in [1.82, 2.24) is 0 Å². The van der Waals surface area contributed by atoms with Crippen molar-refractivity contribution in [2.75, 3.05) is 10.0 Å². The number of anilines is 2. The van der Waals surface area contributed by atoms with E-state index in [1.54, 1.807) is 38.1 Å². The van der Waals surface area contributed by atoms with Gasteiger partial charge in [0.05, 0.1) is 4.90 Å². The van der Waals surface area contributed by atoms with E-state index in [0.717, 1.165) is 5.56 Å². The second kappa shape index (κ2) is 7.11. The SMILES string of the molecule is CC(=O)Nc1cc(C)c(S(=O)(=O)Nc2ccc(C(C)(C)C)cc2)c(C)c1. The van der Waals surface area contributed by atoms with Crippen molar-refractivity contribution in [3.8, 4) is 0 Å². The number of benzene rings is 2. The van der Waals surface area contributed by atoms with E-state index in [1.165, 1.54) is 6.92 Å². The number of rotatable bonds is 4. The number of hydrogen-bond donors (Lipinski definition) is 2. The summed E-state index contributed by atoms with van der Waals surface area (Å²) in [7, 11) is -3.73. The summed E-state index contributed by atoms with van der Waals surface area (Å²) >= 11 is 0. The van der Waals surface area contributed by atoms with Crippen molar-refractivity contribution in [2.24, 2.45) is 0 Å². The first-order chi connectivity index (χ1) is 11.9. The Balaban J connectivity index is 2.34. The number of carbonyl (C=O) groups is 1. The molecule has 2 aromatic rings. The first kappa shape index (κ1) is 20.0. The molecule has 0 unspecified atom stereocenters. The molecule has 5 nitrogen and oxygen atoms in total. The normalized spacial score (nSPS) is 11.9. The third-order valence-electron chi connectivity index (χ3n) is 4.05. The Bertz CT molecular complexity index is 902. The van der Waals surface area contributed by atoms with Crippen LogP contribution in [0, 0.1) is 13.8 Å². The maximum Gasteiger partial charge on any atom is 0.262 e. The monoisotopic (exact) mass is 374 g/mol. The van der Waals surface area contributed by atoms with Gasteiger partial charge in [0.2, 0.25) is 5.91 Å². The quantitative estimate of drug-likeness (QED) is 0.835. The second-order valence-corrected chi connectivity index (χ2v) is 9.17. The van der Waals surface area contributed by atoms with E-state index >= 15 is 0 Å². The molecule has 0 fully saturated rings. The largest absolute Gasteiger partial charge is 0.326 e. The van der Waals surface area contributed by atoms with Gasteiger partial charge in [-0.2, -0.15) is 0 Å². The van der Waals surface area contributed by atoms with Gasteiger partial charge >= 0.3 is 0 Å². The third kappa shape index (κ3) is 4.64. The highest BCUT2D eigenvalue weighted by Gasteiger charge is 2.21. The van der Waals surface area contributed by atoms with E-state index in [4.69, 9.17) is 0 Å². The molecule has 2 aromatic carbocycles. The summed E-state index contributed by atoms with van der Waals surface area (Å²) in [5.74, 6) is -0.198. The molecule has 0 atom stereocenters. The maximum absolute atomic E-state index is 12.9. The van der Waals surface area contributed by atoms with Crippen LogP contribution in [-0.4, -0.2) is 14.3 Å². The van der Waals surface area contributed by atoms with Crippen LogP contribution in [-0.2, 0) is 20.2 Å². The summed E-state index contributed by atoms with van der Waals surface area (Å²) < 4.78 is 28.4. The lowest BCUT2D eigenvalue weighted by atomic mass is 9.87. The summed E-state index contributed by atoms with van der Waals surface area (Å²) in [6.45, 7) is 11.2. The lowest BCUT2D eigenvalue weighted by Gasteiger charge is -2.19. The molecule has 140 valence electrons. The number of nitrogens with one attached hydrogen (secondary N) is 2. The summed E-state index contributed by atoms with van der Waals surface area (Å²) in [6.07, 6.45) is 0. The van der Waals surface area contributed by atoms with Gasteiger partial charge in [-0.05, 0) is 60.2 Å². The Hall–Kier alpha value is -2.34. The molecule has 0 saturated carbocycles. The molecule has 0 aliphatic carbocycles. The molecule has 0 radical (unpaired) electrons. The molecular formula is C20H26N2O3S. The van der Waals surface area contributed by atoms with Gasteiger partial charge in [-0.3, -0.25) is 9.52 Å². The molecule has 6 heteroatoms. The fourth-order valence-corrected chi connectivity index (χ4v) is 4.41. The number of hydrogen-bond acceptors (Lipinski definition) is 3. The van der Waals surface area contributed by atoms with E-state index in [-0.39, 0.29) is 16.2 Å². The maximum atomic E-state index is 12.9. The van der Waals surface area contributed by atoms with E-state index in [2.05, 4.69) is 30.8 Å². The van der Waals surface area contributed by atoms with Gasteiger partial charge in [0.25, 0.3) is 10.0 Å². The van der Waals surface area contributed by atoms with Crippen molar-refractivity contribution < 1.29 is 13.2 Å². The highest BCUT2D eigenvalue weighted by Crippen LogP contribution is 2.28. The Morgan fingerprint density at radius 1 is 0.923 bits per heavy atom. The van der Waals surface area contributed by atoms with Crippen LogP contribution in [0.15, 0.2) is 41.3 Å². The van der Waals surface area contributed by atoms with Crippen LogP contribution in [0.3, 0.4) is 0 Å². The zero-order valence-electron chi connectivity index (χ0n) is 16.1. The van der Waals surface area contributed by atoms with Crippen LogP contribution in [0.25, 0.3) is 0 Å². The summed E-state index contributed by atoms with van der Waals surface area (Å²) in [4.78, 5) is 11.4. The van der Waals surface area contributed by atoms with Crippen LogP contribution >= 0.6 is 0 Å². The lowest BCUT2D eigenvalue weighted by Crippen LogP contribution is -2.17. The Morgan fingerprint density at radius 2 is 1.42 bits per heavy atom. The van der Waals surface area contributed by atoms with Crippen molar-refractivity contribution in [3.63, 3.8) is 0 Å². The van der Waals surface area contributed by atoms with Crippen molar-refractivity contribution in [2.45, 2.75) is 51.9 Å². The van der Waals surface area contributed by atoms with Crippen LogP contribution in [0.5, 0.6) is 0 Å². The van der Waals surface area contributed by atoms with Crippen molar-refractivity contribution in [3.05, 3.63) is 53.1 Å². The Labute approximate surface area is 155 Å². The van der Waals surface area contributed by atoms with Crippen molar-refractivity contribution in [1.29, 1.82) is 0 Å². The minimum atomic E-state index is -3.73. The van der Waals surface area contributed by atoms with Crippen LogP contribution in [0.4, 0.5) is 11.4 Å². The fourth-order valence-electron chi connectivity index (χ4n) is 2.89. The second-order valence-electron chi connectivity index (χ2n) is 7.55. The van der Waals surface area contributed by atoms with Gasteiger partial charge in [0.1, 0.15) is 0 Å². The zero-order chi connectivity index (χ0) is 19.7. The molecule has 0 heterocycles. The minimum Gasteiger partial charge on any atom is -0.326 e. The van der Waals surface area contributed by atoms with E-state index < -0.39 is 10.0 Å². The van der Waals surface area contributed by atoms with Gasteiger partial charge in [-0.25, -0.2) is 8.42 Å². The molecule has 2 rings (SSSR count). The minimum absolute atomic E-state index is 0.00409. The van der Waals surface area contributed by atoms with Crippen molar-refractivity contribution >= 4 is 27.3 Å². The van der Waals surface area contributed by atoms with Gasteiger partial charge < -0.3 is 5.32 Å². The molecule has 26 heavy (non-hydrogen) atoms. The van der Waals surface area contributed by atoms with Crippen LogP contribution in [0.1, 0.15) is 44.4 Å². The first-order valence-electron chi connectivity index (χ1n) is 8.42. The standard InChI is InChI=1S/C20H26N2O3S/c1-13-11-18(21-15(3)23)12-14(2)19(13)26(24,25)22-17-9-7-16(8-10-17)20(4,5)6/h7-12,22H,1-6H3,(H,21,23). The number of aryl methyl sites for hydroxylation is 2. The van der Waals surface area contributed by atoms with Gasteiger partial charge in [0, 0.05) is 18.3 Å². The van der Waals surface area contributed by atoms with E-state index in [1.807, 2.05) is 12.1 Å². The van der Waals surface area contributed by atoms with Crippen LogP contribution < -0.4 is 10.0 Å². The predicted molar refractivity (Wildman–Crippen MR) is 106 cm³/mol. The predicted octanol–water partition coefficient (Wildman–Crippen LogP) is 4.36. The number of amides is 1. The molecule has 0 saturated heterocycles. The molecule has 0 aromatic heterocycles. The number of sulfonamides is 1. The average Bonchev–Trinajstić information content (AvgIpc) is 2.44. The highest BCUT2D eigenvalue weighted by molar-refractivity contribution is 7.92. The Morgan fingerprint density at radius 3 is 1.85 bits per heavy atom. The Kier molecular flexibility index (Phi) is 5.47. The summed E-state index contributed by atoms with van der Waals surface area (Å²) in [5, 5.41) is 2.68. The van der Waals surface area contributed by atoms with Gasteiger partial charge in [-0.15, -0.1) is 0 Å². The first-order valence-corrected chi connectivity index (χ1v) is 9.90. The average molecular weight is 375 g/mol. The number of carbonyl (C=O) groups excluding carboxylic acids is 1. The molecule has 1 amide bonds. The summed E-state index contributed by atoms with van der Waals surface area (Å²) in [5.41, 5.74) is 3.39. The zero-order valence-corrected chi connectivity index (χ0v) is 16.9. The molecule has 0 aliphatic rings. The fraction of sp³-hybridized carbons (Fsp3) is 0.350. The molecule has 0 spiro atoms. The third-order valence-corrected chi connectivity index (χ3v) is 5.74. The molecular weight excluding hydrogens is 348 g/mol. The smallest absolute Gasteiger partial charge is 0.262 e. The molecule has 0 aliphatic heterocycles. The highest BCUT2D eigenvalue weighted by atomic mass is 32.2.